The molecular weight excluding hydrogens is 429 g/mol. The third kappa shape index (κ3) is 3.84. The Morgan fingerprint density at radius 2 is 1.76 bits per heavy atom. The van der Waals surface area contributed by atoms with Gasteiger partial charge in [-0.3, -0.25) is 0 Å². The van der Waals surface area contributed by atoms with Crippen molar-refractivity contribution in [3.8, 4) is 11.1 Å². The molecule has 3 aromatic rings. The number of hydrogen-bond acceptors (Lipinski definition) is 3. The van der Waals surface area contributed by atoms with Crippen LogP contribution >= 0.6 is 34.8 Å². The van der Waals surface area contributed by atoms with Crippen molar-refractivity contribution in [3.63, 3.8) is 0 Å². The quantitative estimate of drug-likeness (QED) is 0.481. The van der Waals surface area contributed by atoms with E-state index in [0.29, 0.717) is 21.0 Å². The first-order chi connectivity index (χ1) is 13.9. The maximum Gasteiger partial charge on any atom is 0.139 e. The van der Waals surface area contributed by atoms with Crippen LogP contribution in [0.15, 0.2) is 18.3 Å². The number of nitrogens with zero attached hydrogens (tertiary/aromatic N) is 2. The predicted molar refractivity (Wildman–Crippen MR) is 123 cm³/mol. The van der Waals surface area contributed by atoms with Gasteiger partial charge in [0.15, 0.2) is 0 Å². The van der Waals surface area contributed by atoms with Crippen molar-refractivity contribution in [2.24, 2.45) is 5.92 Å². The molecule has 3 heterocycles. The number of nitrogens with one attached hydrogen (secondary N) is 1. The van der Waals surface area contributed by atoms with Crippen LogP contribution in [0.1, 0.15) is 30.5 Å². The zero-order valence-electron chi connectivity index (χ0n) is 16.5. The Morgan fingerprint density at radius 3 is 2.38 bits per heavy atom. The Balaban J connectivity index is 1.93. The van der Waals surface area contributed by atoms with Crippen molar-refractivity contribution in [1.29, 1.82) is 0 Å². The number of aliphatic hydroxyl groups is 1. The van der Waals surface area contributed by atoms with Gasteiger partial charge < -0.3 is 15.0 Å². The first-order valence-electron chi connectivity index (χ1n) is 9.89. The molecule has 1 aliphatic heterocycles. The minimum atomic E-state index is 0.251. The van der Waals surface area contributed by atoms with E-state index in [1.54, 1.807) is 12.1 Å². The Hall–Kier alpha value is -1.46. The summed E-state index contributed by atoms with van der Waals surface area (Å²) in [5.74, 6) is 0.563. The van der Waals surface area contributed by atoms with Gasteiger partial charge in [0.2, 0.25) is 0 Å². The maximum absolute atomic E-state index is 9.30. The topological polar surface area (TPSA) is 52.2 Å². The van der Waals surface area contributed by atoms with Crippen molar-refractivity contribution in [2.75, 3.05) is 24.6 Å². The lowest BCUT2D eigenvalue weighted by molar-refractivity contribution is 0.240. The number of rotatable bonds is 4. The van der Waals surface area contributed by atoms with Crippen LogP contribution in [0.4, 0.5) is 5.69 Å². The zero-order valence-corrected chi connectivity index (χ0v) is 18.8. The number of pyridine rings is 1. The van der Waals surface area contributed by atoms with Crippen molar-refractivity contribution in [1.82, 2.24) is 9.97 Å². The van der Waals surface area contributed by atoms with Gasteiger partial charge in [-0.2, -0.15) is 0 Å². The smallest absolute Gasteiger partial charge is 0.139 e. The van der Waals surface area contributed by atoms with Crippen LogP contribution in [0.25, 0.3) is 22.2 Å². The summed E-state index contributed by atoms with van der Waals surface area (Å²) < 4.78 is 0. The molecule has 0 atom stereocenters. The molecule has 0 spiro atoms. The van der Waals surface area contributed by atoms with Crippen molar-refractivity contribution < 1.29 is 5.11 Å². The predicted octanol–water partition coefficient (Wildman–Crippen LogP) is 6.41. The fraction of sp³-hybridized carbons (Fsp3) is 0.409. The SMILES string of the molecule is Cc1nc2[nH]cc(C)c2c(N2CCC(CCO)CC2)c1-c1c(Cl)cc(Cl)cc1Cl. The van der Waals surface area contributed by atoms with E-state index in [2.05, 4.69) is 16.8 Å². The number of aromatic nitrogens is 2. The second kappa shape index (κ2) is 8.35. The van der Waals surface area contributed by atoms with E-state index in [0.717, 1.165) is 71.5 Å². The van der Waals surface area contributed by atoms with Gasteiger partial charge in [-0.1, -0.05) is 34.8 Å². The molecule has 0 saturated carbocycles. The highest BCUT2D eigenvalue weighted by molar-refractivity contribution is 6.42. The second-order valence-electron chi connectivity index (χ2n) is 7.80. The number of hydrogen-bond donors (Lipinski definition) is 2. The fourth-order valence-electron chi connectivity index (χ4n) is 4.44. The van der Waals surface area contributed by atoms with Gasteiger partial charge in [0, 0.05) is 53.1 Å². The van der Waals surface area contributed by atoms with Gasteiger partial charge in [-0.15, -0.1) is 0 Å². The van der Waals surface area contributed by atoms with Gasteiger partial charge in [0.05, 0.1) is 15.7 Å². The van der Waals surface area contributed by atoms with E-state index >= 15 is 0 Å². The Morgan fingerprint density at radius 1 is 1.10 bits per heavy atom. The monoisotopic (exact) mass is 451 g/mol. The first kappa shape index (κ1) is 20.8. The number of benzene rings is 1. The average Bonchev–Trinajstić information content (AvgIpc) is 3.02. The minimum absolute atomic E-state index is 0.251. The molecule has 154 valence electrons. The van der Waals surface area contributed by atoms with E-state index < -0.39 is 0 Å². The molecule has 1 aliphatic rings. The number of aliphatic hydroxyl groups excluding tert-OH is 1. The summed E-state index contributed by atoms with van der Waals surface area (Å²) in [5.41, 5.74) is 5.75. The van der Waals surface area contributed by atoms with E-state index in [-0.39, 0.29) is 6.61 Å². The van der Waals surface area contributed by atoms with Crippen LogP contribution in [0.5, 0.6) is 0 Å². The van der Waals surface area contributed by atoms with Gasteiger partial charge in [-0.05, 0) is 56.7 Å². The molecule has 4 rings (SSSR count). The molecule has 1 fully saturated rings. The Labute approximate surface area is 185 Å². The van der Waals surface area contributed by atoms with E-state index in [4.69, 9.17) is 39.8 Å². The molecule has 0 radical (unpaired) electrons. The number of fused-ring (bicyclic) bond motifs is 1. The van der Waals surface area contributed by atoms with Crippen LogP contribution in [-0.4, -0.2) is 34.8 Å². The lowest BCUT2D eigenvalue weighted by Crippen LogP contribution is -2.34. The molecular formula is C22H24Cl3N3O. The molecule has 29 heavy (non-hydrogen) atoms. The number of aromatic amines is 1. The highest BCUT2D eigenvalue weighted by atomic mass is 35.5. The summed E-state index contributed by atoms with van der Waals surface area (Å²) >= 11 is 19.4. The number of H-pyrrole nitrogens is 1. The van der Waals surface area contributed by atoms with Crippen LogP contribution < -0.4 is 4.90 Å². The van der Waals surface area contributed by atoms with Gasteiger partial charge in [0.25, 0.3) is 0 Å². The Bertz CT molecular complexity index is 1030. The number of piperidine rings is 1. The van der Waals surface area contributed by atoms with E-state index in [1.807, 2.05) is 13.1 Å². The second-order valence-corrected chi connectivity index (χ2v) is 9.05. The van der Waals surface area contributed by atoms with Crippen molar-refractivity contribution in [2.45, 2.75) is 33.1 Å². The van der Waals surface area contributed by atoms with Crippen molar-refractivity contribution >= 4 is 51.5 Å². The lowest BCUT2D eigenvalue weighted by Gasteiger charge is -2.36. The standard InChI is InChI=1S/C22H24Cl3N3O/c1-12-11-26-22-18(12)21(28-6-3-14(4-7-28)5-8-29)19(13(2)27-22)20-16(24)9-15(23)10-17(20)25/h9-11,14,29H,3-8H2,1-2H3,(H,26,27). The average molecular weight is 453 g/mol. The highest BCUT2D eigenvalue weighted by Gasteiger charge is 2.27. The van der Waals surface area contributed by atoms with Crippen LogP contribution in [-0.2, 0) is 0 Å². The van der Waals surface area contributed by atoms with Gasteiger partial charge in [0.1, 0.15) is 5.65 Å². The van der Waals surface area contributed by atoms with E-state index in [1.165, 1.54) is 0 Å². The van der Waals surface area contributed by atoms with Crippen LogP contribution in [0, 0.1) is 19.8 Å². The van der Waals surface area contributed by atoms with Gasteiger partial charge >= 0.3 is 0 Å². The van der Waals surface area contributed by atoms with Crippen LogP contribution in [0.2, 0.25) is 15.1 Å². The van der Waals surface area contributed by atoms with Crippen molar-refractivity contribution in [3.05, 3.63) is 44.7 Å². The highest BCUT2D eigenvalue weighted by Crippen LogP contribution is 2.47. The minimum Gasteiger partial charge on any atom is -0.396 e. The Kier molecular flexibility index (Phi) is 5.99. The summed E-state index contributed by atoms with van der Waals surface area (Å²) in [6.07, 6.45) is 4.96. The summed E-state index contributed by atoms with van der Waals surface area (Å²) in [4.78, 5) is 10.5. The summed E-state index contributed by atoms with van der Waals surface area (Å²) in [6, 6.07) is 3.46. The summed E-state index contributed by atoms with van der Waals surface area (Å²) in [5, 5.41) is 12.0. The molecule has 2 aromatic heterocycles. The fourth-order valence-corrected chi connectivity index (χ4v) is 5.45. The normalized spacial score (nSPS) is 15.4. The van der Waals surface area contributed by atoms with Crippen LogP contribution in [0.3, 0.4) is 0 Å². The third-order valence-electron chi connectivity index (χ3n) is 5.90. The molecule has 0 bridgehead atoms. The molecule has 7 heteroatoms. The first-order valence-corrected chi connectivity index (χ1v) is 11.0. The largest absolute Gasteiger partial charge is 0.396 e. The lowest BCUT2D eigenvalue weighted by atomic mass is 9.91. The summed E-state index contributed by atoms with van der Waals surface area (Å²) in [7, 11) is 0. The van der Waals surface area contributed by atoms with Gasteiger partial charge in [-0.25, -0.2) is 4.98 Å². The number of aryl methyl sites for hydroxylation is 2. The molecule has 4 nitrogen and oxygen atoms in total. The summed E-state index contributed by atoms with van der Waals surface area (Å²) in [6.45, 7) is 6.18. The van der Waals surface area contributed by atoms with E-state index in [9.17, 15) is 5.11 Å². The number of anilines is 1. The molecule has 1 aromatic carbocycles. The molecule has 0 aliphatic carbocycles. The maximum atomic E-state index is 9.30. The third-order valence-corrected chi connectivity index (χ3v) is 6.71. The molecule has 0 amide bonds. The molecule has 2 N–H and O–H groups in total. The molecule has 1 saturated heterocycles. The molecule has 0 unspecified atom stereocenters. The number of halogens is 3. The zero-order chi connectivity index (χ0) is 20.7.